The van der Waals surface area contributed by atoms with E-state index in [1.165, 1.54) is 36.8 Å². The summed E-state index contributed by atoms with van der Waals surface area (Å²) < 4.78 is 0. The molecule has 0 aliphatic heterocycles. The van der Waals surface area contributed by atoms with Crippen molar-refractivity contribution in [2.75, 3.05) is 13.6 Å². The van der Waals surface area contributed by atoms with Crippen molar-refractivity contribution < 1.29 is 0 Å². The zero-order chi connectivity index (χ0) is 12.3. The van der Waals surface area contributed by atoms with Gasteiger partial charge >= 0.3 is 0 Å². The molecule has 2 heteroatoms. The number of aryl methyl sites for hydroxylation is 1. The van der Waals surface area contributed by atoms with Gasteiger partial charge in [0, 0.05) is 18.6 Å². The average molecular weight is 232 g/mol. The minimum atomic E-state index is 0.0669. The summed E-state index contributed by atoms with van der Waals surface area (Å²) in [4.78, 5) is 2.37. The number of likely N-dealkylation sites (N-methyl/N-ethyl adjacent to an activating group) is 1. The molecular weight excluding hydrogens is 208 g/mol. The summed E-state index contributed by atoms with van der Waals surface area (Å²) in [5, 5.41) is 0. The Hall–Kier alpha value is -0.860. The van der Waals surface area contributed by atoms with Crippen molar-refractivity contribution in [3.8, 4) is 0 Å². The Morgan fingerprint density at radius 3 is 2.53 bits per heavy atom. The van der Waals surface area contributed by atoms with Crippen molar-refractivity contribution in [2.45, 2.75) is 44.7 Å². The Morgan fingerprint density at radius 2 is 1.88 bits per heavy atom. The van der Waals surface area contributed by atoms with Gasteiger partial charge in [-0.1, -0.05) is 37.1 Å². The number of hydrogen-bond acceptors (Lipinski definition) is 2. The first-order chi connectivity index (χ1) is 8.09. The first-order valence-electron chi connectivity index (χ1n) is 6.61. The van der Waals surface area contributed by atoms with Crippen LogP contribution in [0.15, 0.2) is 24.3 Å². The minimum absolute atomic E-state index is 0.0669. The lowest BCUT2D eigenvalue weighted by atomic mass is 9.98. The third-order valence-electron chi connectivity index (χ3n) is 3.89. The van der Waals surface area contributed by atoms with Crippen LogP contribution in [0.2, 0.25) is 0 Å². The summed E-state index contributed by atoms with van der Waals surface area (Å²) in [7, 11) is 2.18. The van der Waals surface area contributed by atoms with Gasteiger partial charge in [-0.3, -0.25) is 0 Å². The normalized spacial score (nSPS) is 18.8. The lowest BCUT2D eigenvalue weighted by Crippen LogP contribution is -2.46. The number of hydrogen-bond donors (Lipinski definition) is 1. The first kappa shape index (κ1) is 12.6. The molecular formula is C15H24N2. The van der Waals surface area contributed by atoms with E-state index >= 15 is 0 Å². The predicted molar refractivity (Wildman–Crippen MR) is 72.9 cm³/mol. The highest BCUT2D eigenvalue weighted by Gasteiger charge is 2.30. The van der Waals surface area contributed by atoms with Gasteiger partial charge in [0.05, 0.1) is 0 Å². The summed E-state index contributed by atoms with van der Waals surface area (Å²) in [6.07, 6.45) is 4.97. The molecule has 1 aromatic carbocycles. The molecule has 0 saturated heterocycles. The van der Waals surface area contributed by atoms with Crippen molar-refractivity contribution in [2.24, 2.45) is 5.73 Å². The van der Waals surface area contributed by atoms with E-state index in [2.05, 4.69) is 43.1 Å². The van der Waals surface area contributed by atoms with E-state index in [1.807, 2.05) is 0 Å². The topological polar surface area (TPSA) is 29.3 Å². The minimum Gasteiger partial charge on any atom is -0.324 e. The smallest absolute Gasteiger partial charge is 0.0283 e. The molecule has 2 N–H and O–H groups in total. The summed E-state index contributed by atoms with van der Waals surface area (Å²) >= 11 is 0. The standard InChI is InChI=1S/C15H24N2/c1-13-7-3-4-8-14(13)11-17(2)12-15(16)9-5-6-10-15/h3-4,7-8H,5-6,9-12,16H2,1-2H3. The largest absolute Gasteiger partial charge is 0.324 e. The molecule has 0 spiro atoms. The molecule has 0 unspecified atom stereocenters. The van der Waals surface area contributed by atoms with E-state index in [-0.39, 0.29) is 5.54 Å². The third kappa shape index (κ3) is 3.30. The first-order valence-corrected chi connectivity index (χ1v) is 6.61. The third-order valence-corrected chi connectivity index (χ3v) is 3.89. The van der Waals surface area contributed by atoms with Gasteiger partial charge in [0.2, 0.25) is 0 Å². The van der Waals surface area contributed by atoms with Crippen molar-refractivity contribution in [3.63, 3.8) is 0 Å². The van der Waals surface area contributed by atoms with Crippen LogP contribution in [0.5, 0.6) is 0 Å². The van der Waals surface area contributed by atoms with E-state index in [0.717, 1.165) is 13.1 Å². The van der Waals surface area contributed by atoms with Gasteiger partial charge in [-0.2, -0.15) is 0 Å². The molecule has 0 radical (unpaired) electrons. The fraction of sp³-hybridized carbons (Fsp3) is 0.600. The molecule has 94 valence electrons. The molecule has 2 nitrogen and oxygen atoms in total. The molecule has 0 aromatic heterocycles. The quantitative estimate of drug-likeness (QED) is 0.865. The number of nitrogens with zero attached hydrogens (tertiary/aromatic N) is 1. The van der Waals surface area contributed by atoms with Gasteiger partial charge in [-0.25, -0.2) is 0 Å². The zero-order valence-electron chi connectivity index (χ0n) is 11.1. The SMILES string of the molecule is Cc1ccccc1CN(C)CC1(N)CCCC1. The molecule has 0 amide bonds. The maximum atomic E-state index is 6.41. The van der Waals surface area contributed by atoms with E-state index < -0.39 is 0 Å². The highest BCUT2D eigenvalue weighted by atomic mass is 15.1. The molecule has 1 aliphatic rings. The Morgan fingerprint density at radius 1 is 1.24 bits per heavy atom. The maximum absolute atomic E-state index is 6.41. The molecule has 1 aromatic rings. The van der Waals surface area contributed by atoms with Crippen molar-refractivity contribution in [1.82, 2.24) is 4.90 Å². The second-order valence-electron chi connectivity index (χ2n) is 5.67. The summed E-state index contributed by atoms with van der Waals surface area (Å²) in [6.45, 7) is 4.20. The van der Waals surface area contributed by atoms with Gasteiger partial charge in [0.15, 0.2) is 0 Å². The van der Waals surface area contributed by atoms with Gasteiger partial charge in [0.25, 0.3) is 0 Å². The van der Waals surface area contributed by atoms with Crippen molar-refractivity contribution >= 4 is 0 Å². The van der Waals surface area contributed by atoms with Crippen LogP contribution in [0.25, 0.3) is 0 Å². The molecule has 1 aliphatic carbocycles. The zero-order valence-corrected chi connectivity index (χ0v) is 11.1. The lowest BCUT2D eigenvalue weighted by Gasteiger charge is -2.30. The van der Waals surface area contributed by atoms with Crippen LogP contribution >= 0.6 is 0 Å². The average Bonchev–Trinajstić information content (AvgIpc) is 2.68. The Labute approximate surface area is 105 Å². The van der Waals surface area contributed by atoms with Gasteiger partial charge in [0.1, 0.15) is 0 Å². The molecule has 1 saturated carbocycles. The highest BCUT2D eigenvalue weighted by molar-refractivity contribution is 5.25. The van der Waals surface area contributed by atoms with E-state index in [1.54, 1.807) is 0 Å². The molecule has 1 fully saturated rings. The van der Waals surface area contributed by atoms with Crippen LogP contribution < -0.4 is 5.73 Å². The monoisotopic (exact) mass is 232 g/mol. The number of rotatable bonds is 4. The van der Waals surface area contributed by atoms with E-state index in [4.69, 9.17) is 5.73 Å². The van der Waals surface area contributed by atoms with Crippen LogP contribution in [0.3, 0.4) is 0 Å². The number of benzene rings is 1. The van der Waals surface area contributed by atoms with Crippen molar-refractivity contribution in [3.05, 3.63) is 35.4 Å². The summed E-state index contributed by atoms with van der Waals surface area (Å²) in [5.41, 5.74) is 9.26. The predicted octanol–water partition coefficient (Wildman–Crippen LogP) is 2.70. The van der Waals surface area contributed by atoms with Crippen LogP contribution in [-0.4, -0.2) is 24.0 Å². The molecule has 17 heavy (non-hydrogen) atoms. The second kappa shape index (κ2) is 5.19. The molecule has 0 heterocycles. The Balaban J connectivity index is 1.93. The molecule has 2 rings (SSSR count). The van der Waals surface area contributed by atoms with E-state index in [0.29, 0.717) is 0 Å². The van der Waals surface area contributed by atoms with E-state index in [9.17, 15) is 0 Å². The maximum Gasteiger partial charge on any atom is 0.0283 e. The Bertz CT molecular complexity index is 367. The van der Waals surface area contributed by atoms with Crippen LogP contribution in [0.4, 0.5) is 0 Å². The van der Waals surface area contributed by atoms with Gasteiger partial charge in [-0.15, -0.1) is 0 Å². The fourth-order valence-corrected chi connectivity index (χ4v) is 2.91. The second-order valence-corrected chi connectivity index (χ2v) is 5.67. The van der Waals surface area contributed by atoms with Gasteiger partial charge in [-0.05, 0) is 37.9 Å². The Kier molecular flexibility index (Phi) is 3.85. The van der Waals surface area contributed by atoms with Gasteiger partial charge < -0.3 is 10.6 Å². The number of nitrogens with two attached hydrogens (primary N) is 1. The molecule has 0 atom stereocenters. The van der Waals surface area contributed by atoms with Crippen LogP contribution in [0, 0.1) is 6.92 Å². The summed E-state index contributed by atoms with van der Waals surface area (Å²) in [5.74, 6) is 0. The van der Waals surface area contributed by atoms with Crippen molar-refractivity contribution in [1.29, 1.82) is 0 Å². The van der Waals surface area contributed by atoms with Crippen LogP contribution in [0.1, 0.15) is 36.8 Å². The summed E-state index contributed by atoms with van der Waals surface area (Å²) in [6, 6.07) is 8.60. The van der Waals surface area contributed by atoms with Crippen LogP contribution in [-0.2, 0) is 6.54 Å². The highest BCUT2D eigenvalue weighted by Crippen LogP contribution is 2.28. The molecule has 0 bridgehead atoms. The fourth-order valence-electron chi connectivity index (χ4n) is 2.91. The lowest BCUT2D eigenvalue weighted by molar-refractivity contribution is 0.241.